The van der Waals surface area contributed by atoms with Crippen LogP contribution >= 0.6 is 15.9 Å². The van der Waals surface area contributed by atoms with Gasteiger partial charge in [0.2, 0.25) is 0 Å². The highest BCUT2D eigenvalue weighted by atomic mass is 79.9. The second kappa shape index (κ2) is 6.52. The van der Waals surface area contributed by atoms with Crippen LogP contribution in [0.25, 0.3) is 0 Å². The first-order valence-corrected chi connectivity index (χ1v) is 6.90. The van der Waals surface area contributed by atoms with Crippen LogP contribution in [-0.4, -0.2) is 13.0 Å². The van der Waals surface area contributed by atoms with Gasteiger partial charge in [0.25, 0.3) is 5.91 Å². The van der Waals surface area contributed by atoms with E-state index in [1.807, 2.05) is 12.1 Å². The molecule has 0 fully saturated rings. The first kappa shape index (κ1) is 14.5. The molecule has 5 heteroatoms. The average molecular weight is 337 g/mol. The Bertz CT molecular complexity index is 631. The quantitative estimate of drug-likeness (QED) is 0.896. The van der Waals surface area contributed by atoms with Crippen LogP contribution in [0.15, 0.2) is 46.9 Å². The number of halogens is 2. The van der Waals surface area contributed by atoms with Gasteiger partial charge in [0.1, 0.15) is 5.82 Å². The Morgan fingerprint density at radius 1 is 1.25 bits per heavy atom. The molecule has 0 aliphatic rings. The minimum atomic E-state index is -0.326. The Labute approximate surface area is 125 Å². The largest absolute Gasteiger partial charge is 0.387 e. The molecule has 0 radical (unpaired) electrons. The van der Waals surface area contributed by atoms with E-state index in [4.69, 9.17) is 0 Å². The van der Waals surface area contributed by atoms with Crippen molar-refractivity contribution >= 4 is 27.5 Å². The molecule has 0 spiro atoms. The van der Waals surface area contributed by atoms with E-state index in [0.29, 0.717) is 11.1 Å². The molecule has 2 N–H and O–H groups in total. The number of carbonyl (C=O) groups excluding carboxylic acids is 1. The number of benzene rings is 2. The van der Waals surface area contributed by atoms with Crippen molar-refractivity contribution in [1.29, 1.82) is 0 Å². The molecule has 2 aromatic carbocycles. The fraction of sp³-hybridized carbons (Fsp3) is 0.133. The molecular formula is C15H14BrFN2O. The number of anilines is 1. The van der Waals surface area contributed by atoms with E-state index >= 15 is 0 Å². The van der Waals surface area contributed by atoms with Crippen molar-refractivity contribution in [1.82, 2.24) is 5.32 Å². The van der Waals surface area contributed by atoms with Crippen LogP contribution in [0.2, 0.25) is 0 Å². The average Bonchev–Trinajstić information content (AvgIpc) is 2.47. The van der Waals surface area contributed by atoms with Crippen molar-refractivity contribution in [3.63, 3.8) is 0 Å². The van der Waals surface area contributed by atoms with Crippen LogP contribution in [0, 0.1) is 5.82 Å². The van der Waals surface area contributed by atoms with Gasteiger partial charge in [0, 0.05) is 23.8 Å². The van der Waals surface area contributed by atoms with Crippen LogP contribution in [0.1, 0.15) is 15.9 Å². The number of hydrogen-bond donors (Lipinski definition) is 2. The van der Waals surface area contributed by atoms with Gasteiger partial charge in [-0.3, -0.25) is 4.79 Å². The molecule has 0 atom stereocenters. The summed E-state index contributed by atoms with van der Waals surface area (Å²) in [4.78, 5) is 12.1. The molecule has 0 saturated carbocycles. The Morgan fingerprint density at radius 2 is 2.00 bits per heavy atom. The Hall–Kier alpha value is -1.88. The first-order chi connectivity index (χ1) is 9.61. The van der Waals surface area contributed by atoms with Gasteiger partial charge >= 0.3 is 0 Å². The number of hydrogen-bond acceptors (Lipinski definition) is 2. The van der Waals surface area contributed by atoms with Gasteiger partial charge in [0.05, 0.1) is 5.56 Å². The topological polar surface area (TPSA) is 41.1 Å². The van der Waals surface area contributed by atoms with Crippen molar-refractivity contribution in [3.8, 4) is 0 Å². The highest BCUT2D eigenvalue weighted by Gasteiger charge is 2.10. The van der Waals surface area contributed by atoms with Crippen LogP contribution in [0.5, 0.6) is 0 Å². The highest BCUT2D eigenvalue weighted by Crippen LogP contribution is 2.18. The van der Waals surface area contributed by atoms with E-state index in [1.165, 1.54) is 12.1 Å². The predicted octanol–water partition coefficient (Wildman–Crippen LogP) is 3.56. The highest BCUT2D eigenvalue weighted by molar-refractivity contribution is 9.10. The summed E-state index contributed by atoms with van der Waals surface area (Å²) in [6.07, 6.45) is 0. The molecule has 0 saturated heterocycles. The molecule has 0 bridgehead atoms. The standard InChI is InChI=1S/C15H14BrFN2O/c1-18-14-5-3-2-4-12(14)15(20)19-9-10-8-11(17)6-7-13(10)16/h2-8,18H,9H2,1H3,(H,19,20). The summed E-state index contributed by atoms with van der Waals surface area (Å²) >= 11 is 3.33. The lowest BCUT2D eigenvalue weighted by atomic mass is 10.1. The zero-order valence-electron chi connectivity index (χ0n) is 10.9. The van der Waals surface area contributed by atoms with E-state index in [2.05, 4.69) is 26.6 Å². The Kier molecular flexibility index (Phi) is 4.74. The van der Waals surface area contributed by atoms with Gasteiger partial charge in [-0.05, 0) is 35.9 Å². The van der Waals surface area contributed by atoms with Gasteiger partial charge in [-0.1, -0.05) is 28.1 Å². The molecule has 0 aromatic heterocycles. The number of para-hydroxylation sites is 1. The zero-order chi connectivity index (χ0) is 14.5. The number of rotatable bonds is 4. The van der Waals surface area contributed by atoms with Crippen LogP contribution in [-0.2, 0) is 6.54 Å². The van der Waals surface area contributed by atoms with E-state index in [-0.39, 0.29) is 18.3 Å². The maximum atomic E-state index is 13.2. The third kappa shape index (κ3) is 3.36. The normalized spacial score (nSPS) is 10.2. The van der Waals surface area contributed by atoms with Crippen molar-refractivity contribution in [2.24, 2.45) is 0 Å². The van der Waals surface area contributed by atoms with E-state index < -0.39 is 0 Å². The molecule has 3 nitrogen and oxygen atoms in total. The van der Waals surface area contributed by atoms with Crippen LogP contribution in [0.3, 0.4) is 0 Å². The summed E-state index contributed by atoms with van der Waals surface area (Å²) in [6, 6.07) is 11.6. The second-order valence-electron chi connectivity index (χ2n) is 4.21. The molecule has 1 amide bonds. The lowest BCUT2D eigenvalue weighted by Crippen LogP contribution is -2.24. The third-order valence-electron chi connectivity index (χ3n) is 2.89. The van der Waals surface area contributed by atoms with Gasteiger partial charge in [0.15, 0.2) is 0 Å². The SMILES string of the molecule is CNc1ccccc1C(=O)NCc1cc(F)ccc1Br. The molecular weight excluding hydrogens is 323 g/mol. The summed E-state index contributed by atoms with van der Waals surface area (Å²) in [5, 5.41) is 5.75. The van der Waals surface area contributed by atoms with Crippen molar-refractivity contribution in [2.75, 3.05) is 12.4 Å². The lowest BCUT2D eigenvalue weighted by molar-refractivity contribution is 0.0951. The van der Waals surface area contributed by atoms with E-state index in [1.54, 1.807) is 25.2 Å². The van der Waals surface area contributed by atoms with Gasteiger partial charge in [-0.2, -0.15) is 0 Å². The fourth-order valence-electron chi connectivity index (χ4n) is 1.85. The van der Waals surface area contributed by atoms with Crippen molar-refractivity contribution in [2.45, 2.75) is 6.54 Å². The summed E-state index contributed by atoms with van der Waals surface area (Å²) in [5.41, 5.74) is 2.01. The maximum absolute atomic E-state index is 13.2. The van der Waals surface area contributed by atoms with Crippen LogP contribution in [0.4, 0.5) is 10.1 Å². The number of nitrogens with one attached hydrogen (secondary N) is 2. The molecule has 2 rings (SSSR count). The minimum Gasteiger partial charge on any atom is -0.387 e. The Balaban J connectivity index is 2.11. The van der Waals surface area contributed by atoms with Crippen LogP contribution < -0.4 is 10.6 Å². The fourth-order valence-corrected chi connectivity index (χ4v) is 2.24. The molecule has 0 aliphatic carbocycles. The molecule has 0 aliphatic heterocycles. The molecule has 20 heavy (non-hydrogen) atoms. The number of carbonyl (C=O) groups is 1. The smallest absolute Gasteiger partial charge is 0.253 e. The molecule has 2 aromatic rings. The summed E-state index contributed by atoms with van der Waals surface area (Å²) in [6.45, 7) is 0.259. The molecule has 104 valence electrons. The molecule has 0 unspecified atom stereocenters. The summed E-state index contributed by atoms with van der Waals surface area (Å²) in [5.74, 6) is -0.529. The summed E-state index contributed by atoms with van der Waals surface area (Å²) < 4.78 is 13.9. The third-order valence-corrected chi connectivity index (χ3v) is 3.66. The van der Waals surface area contributed by atoms with E-state index in [0.717, 1.165) is 10.2 Å². The van der Waals surface area contributed by atoms with E-state index in [9.17, 15) is 9.18 Å². The molecule has 0 heterocycles. The predicted molar refractivity (Wildman–Crippen MR) is 81.3 cm³/mol. The summed E-state index contributed by atoms with van der Waals surface area (Å²) in [7, 11) is 1.76. The van der Waals surface area contributed by atoms with Gasteiger partial charge in [-0.15, -0.1) is 0 Å². The second-order valence-corrected chi connectivity index (χ2v) is 5.07. The van der Waals surface area contributed by atoms with Gasteiger partial charge in [-0.25, -0.2) is 4.39 Å². The minimum absolute atomic E-state index is 0.203. The van der Waals surface area contributed by atoms with Gasteiger partial charge < -0.3 is 10.6 Å². The van der Waals surface area contributed by atoms with Crippen molar-refractivity contribution < 1.29 is 9.18 Å². The maximum Gasteiger partial charge on any atom is 0.253 e. The zero-order valence-corrected chi connectivity index (χ0v) is 12.5. The first-order valence-electron chi connectivity index (χ1n) is 6.10. The number of amides is 1. The Morgan fingerprint density at radius 3 is 2.75 bits per heavy atom. The lowest BCUT2D eigenvalue weighted by Gasteiger charge is -2.10. The monoisotopic (exact) mass is 336 g/mol. The van der Waals surface area contributed by atoms with Crippen molar-refractivity contribution in [3.05, 3.63) is 63.9 Å².